The molecule has 0 saturated heterocycles. The van der Waals surface area contributed by atoms with Gasteiger partial charge in [0.15, 0.2) is 0 Å². The normalized spacial score (nSPS) is 10.1. The summed E-state index contributed by atoms with van der Waals surface area (Å²) in [6, 6.07) is 3.17. The first-order chi connectivity index (χ1) is 10.9. The molecule has 0 unspecified atom stereocenters. The van der Waals surface area contributed by atoms with Gasteiger partial charge in [-0.15, -0.1) is 0 Å². The second-order valence-corrected chi connectivity index (χ2v) is 5.24. The van der Waals surface area contributed by atoms with E-state index in [2.05, 4.69) is 20.3 Å². The maximum Gasteiger partial charge on any atom is 0.275 e. The lowest BCUT2D eigenvalue weighted by Crippen LogP contribution is -2.22. The van der Waals surface area contributed by atoms with Gasteiger partial charge in [0.1, 0.15) is 17.2 Å². The number of rotatable bonds is 4. The summed E-state index contributed by atoms with van der Waals surface area (Å²) in [6.45, 7) is 0. The Bertz CT molecular complexity index is 695. The summed E-state index contributed by atoms with van der Waals surface area (Å²) in [6.07, 6.45) is 4.35. The number of amides is 2. The van der Waals surface area contributed by atoms with E-state index >= 15 is 0 Å². The van der Waals surface area contributed by atoms with Gasteiger partial charge in [-0.1, -0.05) is 0 Å². The number of anilines is 2. The van der Waals surface area contributed by atoms with Crippen LogP contribution in [0.5, 0.6) is 0 Å². The molecular weight excluding hydrogens is 296 g/mol. The van der Waals surface area contributed by atoms with Crippen LogP contribution in [0.1, 0.15) is 21.0 Å². The summed E-state index contributed by atoms with van der Waals surface area (Å²) < 4.78 is 0. The lowest BCUT2D eigenvalue weighted by molar-refractivity contribution is 0.0822. The molecule has 2 rings (SSSR count). The Hall–Kier alpha value is -3.03. The Morgan fingerprint density at radius 1 is 0.913 bits per heavy atom. The first kappa shape index (κ1) is 16.3. The molecule has 23 heavy (non-hydrogen) atoms. The maximum absolute atomic E-state index is 12.1. The number of hydrogen-bond acceptors (Lipinski definition) is 6. The van der Waals surface area contributed by atoms with Gasteiger partial charge in [-0.05, 0) is 12.1 Å². The second-order valence-electron chi connectivity index (χ2n) is 5.24. The summed E-state index contributed by atoms with van der Waals surface area (Å²) >= 11 is 0. The van der Waals surface area contributed by atoms with Crippen LogP contribution in [-0.2, 0) is 0 Å². The molecule has 8 heteroatoms. The van der Waals surface area contributed by atoms with Gasteiger partial charge in [0, 0.05) is 28.2 Å². The van der Waals surface area contributed by atoms with Crippen LogP contribution in [0.2, 0.25) is 0 Å². The van der Waals surface area contributed by atoms with Crippen LogP contribution >= 0.6 is 0 Å². The van der Waals surface area contributed by atoms with E-state index in [4.69, 9.17) is 0 Å². The summed E-state index contributed by atoms with van der Waals surface area (Å²) in [5.41, 5.74) is 0.982. The highest BCUT2D eigenvalue weighted by Gasteiger charge is 2.12. The van der Waals surface area contributed by atoms with Crippen molar-refractivity contribution in [1.29, 1.82) is 0 Å². The van der Waals surface area contributed by atoms with E-state index in [1.807, 2.05) is 14.1 Å². The first-order valence-electron chi connectivity index (χ1n) is 6.87. The van der Waals surface area contributed by atoms with Crippen molar-refractivity contribution < 1.29 is 9.59 Å². The van der Waals surface area contributed by atoms with E-state index in [9.17, 15) is 9.59 Å². The average molecular weight is 314 g/mol. The zero-order chi connectivity index (χ0) is 17.0. The number of nitrogens with zero attached hydrogens (tertiary/aromatic N) is 5. The van der Waals surface area contributed by atoms with Gasteiger partial charge >= 0.3 is 0 Å². The molecule has 0 aliphatic carbocycles. The van der Waals surface area contributed by atoms with Crippen LogP contribution in [0.4, 0.5) is 11.5 Å². The fourth-order valence-electron chi connectivity index (χ4n) is 1.69. The largest absolute Gasteiger partial charge is 0.361 e. The van der Waals surface area contributed by atoms with E-state index in [0.29, 0.717) is 17.2 Å². The number of hydrogen-bond donors (Lipinski definition) is 1. The van der Waals surface area contributed by atoms with Gasteiger partial charge in [0.25, 0.3) is 11.8 Å². The van der Waals surface area contributed by atoms with Crippen LogP contribution in [0.3, 0.4) is 0 Å². The molecule has 2 aromatic heterocycles. The third-order valence-electron chi connectivity index (χ3n) is 2.98. The molecule has 2 aromatic rings. The van der Waals surface area contributed by atoms with Crippen molar-refractivity contribution >= 4 is 23.3 Å². The molecule has 0 aliphatic rings. The topological polar surface area (TPSA) is 91.3 Å². The molecule has 0 radical (unpaired) electrons. The molecule has 0 atom stereocenters. The minimum Gasteiger partial charge on any atom is -0.361 e. The first-order valence-corrected chi connectivity index (χ1v) is 6.87. The molecule has 1 N–H and O–H groups in total. The maximum atomic E-state index is 12.1. The molecule has 0 bridgehead atoms. The van der Waals surface area contributed by atoms with E-state index in [-0.39, 0.29) is 11.6 Å². The highest BCUT2D eigenvalue weighted by molar-refractivity contribution is 6.02. The molecule has 2 amide bonds. The highest BCUT2D eigenvalue weighted by atomic mass is 16.2. The monoisotopic (exact) mass is 314 g/mol. The quantitative estimate of drug-likeness (QED) is 0.901. The van der Waals surface area contributed by atoms with E-state index in [1.165, 1.54) is 23.5 Å². The third-order valence-corrected chi connectivity index (χ3v) is 2.98. The lowest BCUT2D eigenvalue weighted by Gasteiger charge is -2.11. The number of aromatic nitrogens is 3. The van der Waals surface area contributed by atoms with Gasteiger partial charge in [0.05, 0.1) is 24.3 Å². The summed E-state index contributed by atoms with van der Waals surface area (Å²) in [7, 11) is 6.98. The van der Waals surface area contributed by atoms with Gasteiger partial charge in [-0.25, -0.2) is 15.0 Å². The van der Waals surface area contributed by atoms with E-state index in [1.54, 1.807) is 31.1 Å². The zero-order valence-corrected chi connectivity index (χ0v) is 13.4. The Kier molecular flexibility index (Phi) is 4.85. The van der Waals surface area contributed by atoms with Crippen molar-refractivity contribution in [2.24, 2.45) is 0 Å². The van der Waals surface area contributed by atoms with Crippen molar-refractivity contribution in [3.05, 3.63) is 42.1 Å². The van der Waals surface area contributed by atoms with Crippen molar-refractivity contribution in [3.8, 4) is 0 Å². The van der Waals surface area contributed by atoms with Crippen LogP contribution in [0.15, 0.2) is 30.7 Å². The van der Waals surface area contributed by atoms with Crippen molar-refractivity contribution in [3.63, 3.8) is 0 Å². The third kappa shape index (κ3) is 4.00. The van der Waals surface area contributed by atoms with Gasteiger partial charge in [0.2, 0.25) is 0 Å². The van der Waals surface area contributed by atoms with Gasteiger partial charge in [-0.3, -0.25) is 9.59 Å². The van der Waals surface area contributed by atoms with Gasteiger partial charge < -0.3 is 15.1 Å². The zero-order valence-electron chi connectivity index (χ0n) is 13.4. The lowest BCUT2D eigenvalue weighted by atomic mass is 10.3. The van der Waals surface area contributed by atoms with Crippen LogP contribution < -0.4 is 10.2 Å². The smallest absolute Gasteiger partial charge is 0.275 e. The molecule has 0 aromatic carbocycles. The van der Waals surface area contributed by atoms with Crippen LogP contribution in [0, 0.1) is 0 Å². The molecule has 0 aliphatic heterocycles. The molecule has 0 spiro atoms. The van der Waals surface area contributed by atoms with Crippen molar-refractivity contribution in [1.82, 2.24) is 19.9 Å². The minimum atomic E-state index is -0.392. The predicted molar refractivity (Wildman–Crippen MR) is 86.6 cm³/mol. The number of nitrogens with one attached hydrogen (secondary N) is 1. The fraction of sp³-hybridized carbons (Fsp3) is 0.267. The van der Waals surface area contributed by atoms with E-state index < -0.39 is 5.91 Å². The van der Waals surface area contributed by atoms with Crippen molar-refractivity contribution in [2.75, 3.05) is 38.4 Å². The number of carbonyl (C=O) groups excluding carboxylic acids is 2. The Labute approximate surface area is 134 Å². The molecular formula is C15H18N6O2. The van der Waals surface area contributed by atoms with Gasteiger partial charge in [-0.2, -0.15) is 0 Å². The molecule has 0 fully saturated rings. The van der Waals surface area contributed by atoms with Crippen molar-refractivity contribution in [2.45, 2.75) is 0 Å². The Balaban J connectivity index is 2.06. The minimum absolute atomic E-state index is 0.198. The predicted octanol–water partition coefficient (Wildman–Crippen LogP) is 0.892. The SMILES string of the molecule is CN(C)C(=O)c1ccc(NC(=O)c2cnc(N(C)C)cn2)cn1. The summed E-state index contributed by atoms with van der Waals surface area (Å²) in [4.78, 5) is 39.3. The standard InChI is InChI=1S/C15H18N6O2/c1-20(2)13-9-17-12(8-18-13)14(22)19-10-5-6-11(16-7-10)15(23)21(3)4/h5-9H,1-4H3,(H,19,22). The molecule has 2 heterocycles. The Morgan fingerprint density at radius 3 is 2.09 bits per heavy atom. The number of pyridine rings is 1. The second kappa shape index (κ2) is 6.82. The number of carbonyl (C=O) groups is 2. The summed E-state index contributed by atoms with van der Waals surface area (Å²) in [5.74, 6) is 0.0686. The summed E-state index contributed by atoms with van der Waals surface area (Å²) in [5, 5.41) is 2.66. The average Bonchev–Trinajstić information content (AvgIpc) is 2.54. The van der Waals surface area contributed by atoms with Crippen LogP contribution in [0.25, 0.3) is 0 Å². The molecule has 8 nitrogen and oxygen atoms in total. The Morgan fingerprint density at radius 2 is 1.61 bits per heavy atom. The van der Waals surface area contributed by atoms with Crippen LogP contribution in [-0.4, -0.2) is 59.9 Å². The molecule has 120 valence electrons. The fourth-order valence-corrected chi connectivity index (χ4v) is 1.69. The van der Waals surface area contributed by atoms with E-state index in [0.717, 1.165) is 0 Å². The highest BCUT2D eigenvalue weighted by Crippen LogP contribution is 2.10. The molecule has 0 saturated carbocycles.